The van der Waals surface area contributed by atoms with Crippen LogP contribution in [-0.2, 0) is 0 Å². The van der Waals surface area contributed by atoms with Crippen LogP contribution in [0, 0.1) is 0 Å². The number of hydrogen-bond acceptors (Lipinski definition) is 4. The van der Waals surface area contributed by atoms with Crippen molar-refractivity contribution in [1.82, 2.24) is 18.9 Å². The Labute approximate surface area is 393 Å². The third-order valence-electron chi connectivity index (χ3n) is 13.1. The summed E-state index contributed by atoms with van der Waals surface area (Å²) in [4.78, 5) is 15.4. The van der Waals surface area contributed by atoms with Crippen molar-refractivity contribution in [2.75, 3.05) is 9.80 Å². The molecule has 0 N–H and O–H groups in total. The molecule has 13 aromatic rings. The summed E-state index contributed by atoms with van der Waals surface area (Å²) in [6.45, 7) is 0. The lowest BCUT2D eigenvalue weighted by Gasteiger charge is -2.26. The molecule has 0 saturated carbocycles. The summed E-state index contributed by atoms with van der Waals surface area (Å²) >= 11 is 0. The van der Waals surface area contributed by atoms with Gasteiger partial charge in [-0.05, 0) is 131 Å². The van der Waals surface area contributed by atoms with Crippen molar-refractivity contribution in [3.8, 4) is 28.2 Å². The molecule has 10 aromatic carbocycles. The lowest BCUT2D eigenvalue weighted by molar-refractivity contribution is 0.979. The Balaban J connectivity index is 1.06. The molecule has 0 atom stereocenters. The summed E-state index contributed by atoms with van der Waals surface area (Å²) in [6, 6.07) is 90.5. The fourth-order valence-corrected chi connectivity index (χ4v) is 9.89. The number of fused-ring (bicyclic) bond motifs is 8. The van der Waals surface area contributed by atoms with E-state index < -0.39 is 0 Å². The predicted molar refractivity (Wildman–Crippen MR) is 283 cm³/mol. The maximum atomic E-state index is 5.51. The highest BCUT2D eigenvalue weighted by Crippen LogP contribution is 2.44. The number of anilines is 6. The van der Waals surface area contributed by atoms with Gasteiger partial charge in [0, 0.05) is 50.3 Å². The van der Waals surface area contributed by atoms with E-state index >= 15 is 0 Å². The molecule has 0 aliphatic rings. The van der Waals surface area contributed by atoms with Gasteiger partial charge in [0.2, 0.25) is 5.95 Å². The zero-order valence-corrected chi connectivity index (χ0v) is 36.9. The average Bonchev–Trinajstić information content (AvgIpc) is 3.96. The first-order valence-corrected chi connectivity index (χ1v) is 23.0. The molecule has 0 amide bonds. The molecule has 6 heteroatoms. The molecule has 0 saturated heterocycles. The minimum absolute atomic E-state index is 0.778. The van der Waals surface area contributed by atoms with Crippen LogP contribution in [0.25, 0.3) is 77.6 Å². The van der Waals surface area contributed by atoms with Gasteiger partial charge >= 0.3 is 0 Å². The van der Waals surface area contributed by atoms with Crippen molar-refractivity contribution >= 4 is 83.5 Å². The maximum Gasteiger partial charge on any atom is 0.221 e. The molecule has 0 aliphatic carbocycles. The van der Waals surface area contributed by atoms with E-state index in [9.17, 15) is 0 Å². The summed E-state index contributed by atoms with van der Waals surface area (Å²) in [6.07, 6.45) is 0. The van der Waals surface area contributed by atoms with E-state index in [1.54, 1.807) is 0 Å². The van der Waals surface area contributed by atoms with Crippen LogP contribution in [0.5, 0.6) is 0 Å². The van der Waals surface area contributed by atoms with Crippen LogP contribution in [0.4, 0.5) is 34.1 Å². The fraction of sp³-hybridized carbons (Fsp3) is 0. The van der Waals surface area contributed by atoms with Crippen LogP contribution >= 0.6 is 0 Å². The second-order valence-corrected chi connectivity index (χ2v) is 17.1. The van der Waals surface area contributed by atoms with Gasteiger partial charge in [0.05, 0.1) is 27.6 Å². The third kappa shape index (κ3) is 6.66. The molecule has 3 aromatic heterocycles. The largest absolute Gasteiger partial charge is 0.310 e. The summed E-state index contributed by atoms with van der Waals surface area (Å²) in [5.41, 5.74) is 16.8. The maximum absolute atomic E-state index is 5.51. The van der Waals surface area contributed by atoms with Gasteiger partial charge in [0.15, 0.2) is 0 Å². The Kier molecular flexibility index (Phi) is 9.39. The molecule has 0 unspecified atom stereocenters. The molecule has 6 nitrogen and oxygen atoms in total. The first-order chi connectivity index (χ1) is 33.7. The van der Waals surface area contributed by atoms with Gasteiger partial charge in [-0.1, -0.05) is 146 Å². The van der Waals surface area contributed by atoms with E-state index in [-0.39, 0.29) is 0 Å². The zero-order valence-electron chi connectivity index (χ0n) is 36.9. The molecule has 68 heavy (non-hydrogen) atoms. The third-order valence-corrected chi connectivity index (χ3v) is 13.1. The van der Waals surface area contributed by atoms with Crippen LogP contribution in [-0.4, -0.2) is 18.9 Å². The molecule has 0 aliphatic heterocycles. The van der Waals surface area contributed by atoms with E-state index in [0.717, 1.165) is 89.5 Å². The van der Waals surface area contributed by atoms with Crippen molar-refractivity contribution < 1.29 is 0 Å². The van der Waals surface area contributed by atoms with E-state index in [2.05, 4.69) is 274 Å². The molecular formula is C62H42N6. The summed E-state index contributed by atoms with van der Waals surface area (Å²) in [5, 5.41) is 3.20. The van der Waals surface area contributed by atoms with Crippen molar-refractivity contribution in [2.45, 2.75) is 0 Å². The van der Waals surface area contributed by atoms with E-state index in [4.69, 9.17) is 9.97 Å². The average molecular weight is 871 g/mol. The van der Waals surface area contributed by atoms with Crippen molar-refractivity contribution in [1.29, 1.82) is 0 Å². The highest BCUT2D eigenvalue weighted by Gasteiger charge is 2.23. The van der Waals surface area contributed by atoms with Crippen LogP contribution in [0.3, 0.4) is 0 Å². The number of imidazole rings is 1. The van der Waals surface area contributed by atoms with Gasteiger partial charge in [0.25, 0.3) is 0 Å². The van der Waals surface area contributed by atoms with Gasteiger partial charge in [-0.3, -0.25) is 8.97 Å². The number of rotatable bonds is 9. The minimum Gasteiger partial charge on any atom is -0.310 e. The molecule has 320 valence electrons. The highest BCUT2D eigenvalue weighted by molar-refractivity contribution is 6.12. The Hall–Kier alpha value is -9.26. The van der Waals surface area contributed by atoms with E-state index in [1.165, 1.54) is 22.3 Å². The molecule has 0 radical (unpaired) electrons. The molecular weight excluding hydrogens is 829 g/mol. The first kappa shape index (κ1) is 39.1. The monoisotopic (exact) mass is 870 g/mol. The lowest BCUT2D eigenvalue weighted by Crippen LogP contribution is -2.10. The fourth-order valence-electron chi connectivity index (χ4n) is 9.89. The quantitative estimate of drug-likeness (QED) is 0.145. The number of aromatic nitrogens is 4. The Morgan fingerprint density at radius 1 is 0.279 bits per heavy atom. The van der Waals surface area contributed by atoms with Gasteiger partial charge in [-0.15, -0.1) is 0 Å². The number of para-hydroxylation sites is 5. The van der Waals surface area contributed by atoms with Gasteiger partial charge in [-0.2, -0.15) is 0 Å². The van der Waals surface area contributed by atoms with E-state index in [0.29, 0.717) is 0 Å². The summed E-state index contributed by atoms with van der Waals surface area (Å²) < 4.78 is 4.56. The first-order valence-electron chi connectivity index (χ1n) is 23.0. The predicted octanol–water partition coefficient (Wildman–Crippen LogP) is 16.4. The van der Waals surface area contributed by atoms with Crippen molar-refractivity contribution in [2.24, 2.45) is 0 Å². The second kappa shape index (κ2) is 16.3. The van der Waals surface area contributed by atoms with Crippen LogP contribution in [0.1, 0.15) is 0 Å². The van der Waals surface area contributed by atoms with E-state index in [1.807, 2.05) is 0 Å². The molecule has 0 spiro atoms. The number of nitrogens with zero attached hydrogens (tertiary/aromatic N) is 6. The Morgan fingerprint density at radius 3 is 1.19 bits per heavy atom. The summed E-state index contributed by atoms with van der Waals surface area (Å²) in [5.74, 6) is 0.778. The minimum atomic E-state index is 0.778. The standard InChI is InChI=1S/C62H42N6/c1-5-17-43(18-6-1)45-29-33-49(34-30-45)65(47-21-9-3-10-22-47)51-37-39-58-54(41-51)55-42-52(66(48-23-11-4-12-24-48)50-35-31-46(32-36-50)44-19-7-2-8-20-44)38-40-59(55)67(58)62-64-56-26-14-13-25-53(56)61-63-57-27-15-16-28-60(57)68(61)62/h1-42H. The van der Waals surface area contributed by atoms with Gasteiger partial charge < -0.3 is 9.80 Å². The zero-order chi connectivity index (χ0) is 45.0. The molecule has 13 rings (SSSR count). The topological polar surface area (TPSA) is 41.6 Å². The SMILES string of the molecule is c1ccc(-c2ccc(N(c3ccccc3)c3ccc4c(c3)c3cc(N(c5ccccc5)c5ccc(-c6ccccc6)cc5)ccc3n4-c3nc4ccccc4c4nc5ccccc5n34)cc2)cc1. The number of benzene rings is 10. The van der Waals surface area contributed by atoms with Crippen LogP contribution < -0.4 is 9.80 Å². The van der Waals surface area contributed by atoms with Crippen LogP contribution in [0.15, 0.2) is 255 Å². The smallest absolute Gasteiger partial charge is 0.221 e. The molecule has 3 heterocycles. The van der Waals surface area contributed by atoms with Crippen LogP contribution in [0.2, 0.25) is 0 Å². The van der Waals surface area contributed by atoms with Crippen molar-refractivity contribution in [3.05, 3.63) is 255 Å². The molecule has 0 fully saturated rings. The summed E-state index contributed by atoms with van der Waals surface area (Å²) in [7, 11) is 0. The molecule has 0 bridgehead atoms. The van der Waals surface area contributed by atoms with Crippen molar-refractivity contribution in [3.63, 3.8) is 0 Å². The number of hydrogen-bond donors (Lipinski definition) is 0. The highest BCUT2D eigenvalue weighted by atomic mass is 15.2. The second-order valence-electron chi connectivity index (χ2n) is 17.1. The Bertz CT molecular complexity index is 3760. The Morgan fingerprint density at radius 2 is 0.676 bits per heavy atom. The normalized spacial score (nSPS) is 11.5. The van der Waals surface area contributed by atoms with Gasteiger partial charge in [0.1, 0.15) is 5.65 Å². The lowest BCUT2D eigenvalue weighted by atomic mass is 10.0. The van der Waals surface area contributed by atoms with Gasteiger partial charge in [-0.25, -0.2) is 9.97 Å².